The van der Waals surface area contributed by atoms with Crippen LogP contribution in [-0.2, 0) is 4.74 Å². The third-order valence-corrected chi connectivity index (χ3v) is 4.27. The zero-order valence-corrected chi connectivity index (χ0v) is 16.2. The Kier molecular flexibility index (Phi) is 6.62. The highest BCUT2D eigenvalue weighted by Crippen LogP contribution is 2.25. The van der Waals surface area contributed by atoms with Crippen LogP contribution in [0.3, 0.4) is 0 Å². The van der Waals surface area contributed by atoms with Crippen LogP contribution in [0, 0.1) is 11.6 Å². The molecule has 1 saturated heterocycles. The van der Waals surface area contributed by atoms with E-state index >= 15 is 0 Å². The van der Waals surface area contributed by atoms with Gasteiger partial charge in [-0.1, -0.05) is 0 Å². The van der Waals surface area contributed by atoms with Crippen molar-refractivity contribution in [3.05, 3.63) is 28.2 Å². The van der Waals surface area contributed by atoms with Gasteiger partial charge < -0.3 is 14.4 Å². The molecule has 140 valence electrons. The number of piperazine rings is 1. The van der Waals surface area contributed by atoms with Crippen LogP contribution in [0.4, 0.5) is 13.6 Å². The number of amides is 1. The van der Waals surface area contributed by atoms with E-state index in [1.165, 1.54) is 0 Å². The van der Waals surface area contributed by atoms with Crippen LogP contribution in [0.1, 0.15) is 20.8 Å². The summed E-state index contributed by atoms with van der Waals surface area (Å²) in [7, 11) is 0. The van der Waals surface area contributed by atoms with Gasteiger partial charge >= 0.3 is 6.09 Å². The Morgan fingerprint density at radius 3 is 2.40 bits per heavy atom. The minimum atomic E-state index is -0.608. The fourth-order valence-electron chi connectivity index (χ4n) is 2.38. The highest BCUT2D eigenvalue weighted by Gasteiger charge is 2.25. The second-order valence-corrected chi connectivity index (χ2v) is 7.71. The molecule has 1 fully saturated rings. The van der Waals surface area contributed by atoms with Crippen molar-refractivity contribution in [3.63, 3.8) is 0 Å². The van der Waals surface area contributed by atoms with Crippen LogP contribution in [0.25, 0.3) is 0 Å². The summed E-state index contributed by atoms with van der Waals surface area (Å²) >= 11 is 2.93. The predicted octanol–water partition coefficient (Wildman–Crippen LogP) is 3.66. The number of halogens is 3. The summed E-state index contributed by atoms with van der Waals surface area (Å²) in [6.45, 7) is 8.81. The van der Waals surface area contributed by atoms with E-state index in [9.17, 15) is 13.6 Å². The van der Waals surface area contributed by atoms with Gasteiger partial charge in [0.05, 0.1) is 4.47 Å². The number of hydrogen-bond acceptors (Lipinski definition) is 4. The van der Waals surface area contributed by atoms with Crippen molar-refractivity contribution in [2.45, 2.75) is 26.4 Å². The summed E-state index contributed by atoms with van der Waals surface area (Å²) in [5, 5.41) is 0. The Morgan fingerprint density at radius 1 is 1.16 bits per heavy atom. The van der Waals surface area contributed by atoms with Crippen molar-refractivity contribution in [1.82, 2.24) is 9.80 Å². The maximum atomic E-state index is 13.7. The zero-order valence-electron chi connectivity index (χ0n) is 14.7. The molecule has 1 heterocycles. The van der Waals surface area contributed by atoms with Gasteiger partial charge in [0.2, 0.25) is 0 Å². The SMILES string of the molecule is CC(C)(C)OC(=O)N1CCN(CCOc2cc(F)c(Br)cc2F)CC1. The fraction of sp³-hybridized carbons (Fsp3) is 0.588. The van der Waals surface area contributed by atoms with Gasteiger partial charge in [0.15, 0.2) is 11.6 Å². The van der Waals surface area contributed by atoms with E-state index < -0.39 is 17.2 Å². The lowest BCUT2D eigenvalue weighted by atomic mass is 10.2. The molecular formula is C17H23BrF2N2O3. The third-order valence-electron chi connectivity index (χ3n) is 3.66. The standard InChI is InChI=1S/C17H23BrF2N2O3/c1-17(2,3)25-16(23)22-6-4-21(5-7-22)8-9-24-15-11-13(19)12(18)10-14(15)20/h10-11H,4-9H2,1-3H3. The fourth-order valence-corrected chi connectivity index (χ4v) is 2.70. The quantitative estimate of drug-likeness (QED) is 0.697. The van der Waals surface area contributed by atoms with E-state index in [1.54, 1.807) is 4.90 Å². The van der Waals surface area contributed by atoms with Gasteiger partial charge in [-0.2, -0.15) is 0 Å². The lowest BCUT2D eigenvalue weighted by Gasteiger charge is -2.35. The molecule has 1 aliphatic heterocycles. The van der Waals surface area contributed by atoms with Crippen molar-refractivity contribution in [2.24, 2.45) is 0 Å². The number of benzene rings is 1. The smallest absolute Gasteiger partial charge is 0.410 e. The highest BCUT2D eigenvalue weighted by atomic mass is 79.9. The summed E-state index contributed by atoms with van der Waals surface area (Å²) in [5.41, 5.74) is -0.508. The van der Waals surface area contributed by atoms with Gasteiger partial charge in [0.25, 0.3) is 0 Å². The summed E-state index contributed by atoms with van der Waals surface area (Å²) in [5.74, 6) is -1.28. The first kappa shape index (κ1) is 19.9. The summed E-state index contributed by atoms with van der Waals surface area (Å²) in [4.78, 5) is 15.8. The molecule has 0 N–H and O–H groups in total. The number of rotatable bonds is 4. The van der Waals surface area contributed by atoms with Gasteiger partial charge in [0.1, 0.15) is 18.0 Å². The molecule has 0 unspecified atom stereocenters. The first-order valence-electron chi connectivity index (χ1n) is 8.13. The van der Waals surface area contributed by atoms with Gasteiger partial charge in [0, 0.05) is 38.8 Å². The Labute approximate surface area is 155 Å². The van der Waals surface area contributed by atoms with Crippen LogP contribution in [0.15, 0.2) is 16.6 Å². The Morgan fingerprint density at radius 2 is 1.80 bits per heavy atom. The minimum Gasteiger partial charge on any atom is -0.489 e. The van der Waals surface area contributed by atoms with Crippen molar-refractivity contribution in [2.75, 3.05) is 39.3 Å². The highest BCUT2D eigenvalue weighted by molar-refractivity contribution is 9.10. The molecule has 0 radical (unpaired) electrons. The topological polar surface area (TPSA) is 42.0 Å². The summed E-state index contributed by atoms with van der Waals surface area (Å²) in [6, 6.07) is 2.07. The van der Waals surface area contributed by atoms with E-state index in [4.69, 9.17) is 9.47 Å². The number of ether oxygens (including phenoxy) is 2. The van der Waals surface area contributed by atoms with Crippen LogP contribution < -0.4 is 4.74 Å². The van der Waals surface area contributed by atoms with Gasteiger partial charge in [-0.25, -0.2) is 13.6 Å². The van der Waals surface area contributed by atoms with Crippen LogP contribution in [0.5, 0.6) is 5.75 Å². The molecule has 0 spiro atoms. The molecule has 0 saturated carbocycles. The van der Waals surface area contributed by atoms with Crippen molar-refractivity contribution in [1.29, 1.82) is 0 Å². The number of carbonyl (C=O) groups excluding carboxylic acids is 1. The van der Waals surface area contributed by atoms with Crippen molar-refractivity contribution in [3.8, 4) is 5.75 Å². The lowest BCUT2D eigenvalue weighted by Crippen LogP contribution is -2.50. The molecule has 1 aliphatic rings. The van der Waals surface area contributed by atoms with E-state index in [2.05, 4.69) is 20.8 Å². The van der Waals surface area contributed by atoms with Crippen LogP contribution in [-0.4, -0.2) is 60.8 Å². The van der Waals surface area contributed by atoms with Crippen LogP contribution in [0.2, 0.25) is 0 Å². The molecular weight excluding hydrogens is 398 g/mol. The van der Waals surface area contributed by atoms with Gasteiger partial charge in [-0.05, 0) is 42.8 Å². The lowest BCUT2D eigenvalue weighted by molar-refractivity contribution is 0.0136. The molecule has 1 amide bonds. The predicted molar refractivity (Wildman–Crippen MR) is 93.8 cm³/mol. The molecule has 1 aromatic carbocycles. The molecule has 25 heavy (non-hydrogen) atoms. The molecule has 2 rings (SSSR count). The number of nitrogens with zero attached hydrogens (tertiary/aromatic N) is 2. The van der Waals surface area contributed by atoms with Crippen LogP contribution >= 0.6 is 15.9 Å². The Balaban J connectivity index is 1.74. The number of hydrogen-bond donors (Lipinski definition) is 0. The zero-order chi connectivity index (χ0) is 18.6. The van der Waals surface area contributed by atoms with Crippen molar-refractivity contribution >= 4 is 22.0 Å². The van der Waals surface area contributed by atoms with E-state index in [0.717, 1.165) is 12.1 Å². The Bertz CT molecular complexity index is 615. The molecule has 1 aromatic rings. The van der Waals surface area contributed by atoms with Gasteiger partial charge in [-0.3, -0.25) is 4.90 Å². The molecule has 0 aromatic heterocycles. The molecule has 8 heteroatoms. The second-order valence-electron chi connectivity index (χ2n) is 6.85. The molecule has 0 bridgehead atoms. The Hall–Kier alpha value is -1.41. The normalized spacial score (nSPS) is 16.0. The first-order chi connectivity index (χ1) is 11.7. The largest absolute Gasteiger partial charge is 0.489 e. The molecule has 0 aliphatic carbocycles. The minimum absolute atomic E-state index is 0.0654. The average Bonchev–Trinajstić information content (AvgIpc) is 2.51. The first-order valence-corrected chi connectivity index (χ1v) is 8.92. The van der Waals surface area contributed by atoms with E-state index in [-0.39, 0.29) is 22.9 Å². The molecule has 5 nitrogen and oxygen atoms in total. The third kappa shape index (κ3) is 6.11. The maximum Gasteiger partial charge on any atom is 0.410 e. The number of carbonyl (C=O) groups is 1. The van der Waals surface area contributed by atoms with E-state index in [0.29, 0.717) is 32.7 Å². The van der Waals surface area contributed by atoms with Crippen molar-refractivity contribution < 1.29 is 23.0 Å². The maximum absolute atomic E-state index is 13.7. The average molecular weight is 421 g/mol. The summed E-state index contributed by atoms with van der Waals surface area (Å²) in [6.07, 6.45) is -0.309. The second kappa shape index (κ2) is 8.31. The summed E-state index contributed by atoms with van der Waals surface area (Å²) < 4.78 is 37.8. The molecule has 0 atom stereocenters. The van der Waals surface area contributed by atoms with E-state index in [1.807, 2.05) is 20.8 Å². The monoisotopic (exact) mass is 420 g/mol. The van der Waals surface area contributed by atoms with Gasteiger partial charge in [-0.15, -0.1) is 0 Å².